The molecular formula is C20H17Cl2N3O2. The number of benzene rings is 2. The first kappa shape index (κ1) is 20.4. The minimum Gasteiger partial charge on any atom is -1.00 e. The van der Waals surface area contributed by atoms with Gasteiger partial charge >= 0.3 is 0 Å². The van der Waals surface area contributed by atoms with Crippen LogP contribution in [0, 0.1) is 0 Å². The minimum absolute atomic E-state index is 0. The SMILES string of the molecule is O=C(C[n+]1cccc(C(=O)Nc2ccccc2)c1)Nc1ccc(Cl)cc1.[Cl-]. The molecule has 0 spiro atoms. The molecule has 0 bridgehead atoms. The molecule has 1 heterocycles. The number of hydrogen-bond acceptors (Lipinski definition) is 2. The Morgan fingerprint density at radius 1 is 0.852 bits per heavy atom. The monoisotopic (exact) mass is 401 g/mol. The third-order valence-corrected chi connectivity index (χ3v) is 3.86. The maximum atomic E-state index is 12.3. The van der Waals surface area contributed by atoms with Gasteiger partial charge in [-0.05, 0) is 42.5 Å². The highest BCUT2D eigenvalue weighted by atomic mass is 35.5. The van der Waals surface area contributed by atoms with Crippen LogP contribution in [0.3, 0.4) is 0 Å². The van der Waals surface area contributed by atoms with Crippen molar-refractivity contribution in [2.24, 2.45) is 0 Å². The summed E-state index contributed by atoms with van der Waals surface area (Å²) in [6.07, 6.45) is 3.38. The van der Waals surface area contributed by atoms with E-state index in [0.29, 0.717) is 22.0 Å². The van der Waals surface area contributed by atoms with Crippen molar-refractivity contribution >= 4 is 34.8 Å². The largest absolute Gasteiger partial charge is 1.00 e. The molecule has 0 fully saturated rings. The zero-order valence-electron chi connectivity index (χ0n) is 14.2. The van der Waals surface area contributed by atoms with Gasteiger partial charge in [-0.1, -0.05) is 29.8 Å². The number of hydrogen-bond donors (Lipinski definition) is 2. The van der Waals surface area contributed by atoms with Gasteiger partial charge in [-0.3, -0.25) is 9.59 Å². The Balaban J connectivity index is 0.00000261. The lowest BCUT2D eigenvalue weighted by Gasteiger charge is -2.05. The number of aromatic nitrogens is 1. The molecule has 27 heavy (non-hydrogen) atoms. The molecule has 0 saturated heterocycles. The van der Waals surface area contributed by atoms with Crippen molar-refractivity contribution in [3.63, 3.8) is 0 Å². The van der Waals surface area contributed by atoms with Crippen LogP contribution in [-0.2, 0) is 11.3 Å². The smallest absolute Gasteiger partial charge is 0.290 e. The number of nitrogens with one attached hydrogen (secondary N) is 2. The fourth-order valence-electron chi connectivity index (χ4n) is 2.38. The van der Waals surface area contributed by atoms with Crippen molar-refractivity contribution in [3.05, 3.63) is 89.7 Å². The number of para-hydroxylation sites is 1. The number of rotatable bonds is 5. The Kier molecular flexibility index (Phi) is 7.34. The number of carbonyl (C=O) groups is 2. The maximum absolute atomic E-state index is 12.3. The molecule has 1 aromatic heterocycles. The standard InChI is InChI=1S/C20H16ClN3O2.ClH/c21-16-8-10-18(11-9-16)22-19(25)14-24-12-4-5-15(13-24)20(26)23-17-6-2-1-3-7-17;/h1-13H,14H2,(H-,22,23,25,26);1H. The van der Waals surface area contributed by atoms with E-state index in [1.165, 1.54) is 0 Å². The predicted molar refractivity (Wildman–Crippen MR) is 101 cm³/mol. The zero-order chi connectivity index (χ0) is 18.4. The van der Waals surface area contributed by atoms with Crippen molar-refractivity contribution in [2.75, 3.05) is 10.6 Å². The van der Waals surface area contributed by atoms with Gasteiger partial charge in [0.05, 0.1) is 0 Å². The van der Waals surface area contributed by atoms with E-state index in [-0.39, 0.29) is 30.8 Å². The van der Waals surface area contributed by atoms with Crippen LogP contribution in [0.4, 0.5) is 11.4 Å². The molecular weight excluding hydrogens is 385 g/mol. The van der Waals surface area contributed by atoms with Gasteiger partial charge in [-0.25, -0.2) is 0 Å². The number of nitrogens with zero attached hydrogens (tertiary/aromatic N) is 1. The topological polar surface area (TPSA) is 62.1 Å². The Morgan fingerprint density at radius 2 is 1.52 bits per heavy atom. The Labute approximate surface area is 168 Å². The van der Waals surface area contributed by atoms with Gasteiger partial charge in [-0.2, -0.15) is 4.57 Å². The van der Waals surface area contributed by atoms with E-state index in [9.17, 15) is 9.59 Å². The van der Waals surface area contributed by atoms with Crippen molar-refractivity contribution in [1.82, 2.24) is 0 Å². The van der Waals surface area contributed by atoms with E-state index in [1.807, 2.05) is 30.3 Å². The van der Waals surface area contributed by atoms with Crippen LogP contribution in [0.15, 0.2) is 79.1 Å². The van der Waals surface area contributed by atoms with Crippen molar-refractivity contribution in [2.45, 2.75) is 6.54 Å². The first-order chi connectivity index (χ1) is 12.6. The molecule has 0 aliphatic rings. The molecule has 0 radical (unpaired) electrons. The fourth-order valence-corrected chi connectivity index (χ4v) is 2.50. The number of anilines is 2. The second-order valence-electron chi connectivity index (χ2n) is 5.64. The summed E-state index contributed by atoms with van der Waals surface area (Å²) < 4.78 is 1.66. The van der Waals surface area contributed by atoms with E-state index >= 15 is 0 Å². The van der Waals surface area contributed by atoms with Crippen LogP contribution >= 0.6 is 11.6 Å². The molecule has 2 N–H and O–H groups in total. The summed E-state index contributed by atoms with van der Waals surface area (Å²) in [5, 5.41) is 6.21. The van der Waals surface area contributed by atoms with E-state index < -0.39 is 0 Å². The highest BCUT2D eigenvalue weighted by Crippen LogP contribution is 2.13. The highest BCUT2D eigenvalue weighted by Gasteiger charge is 2.14. The van der Waals surface area contributed by atoms with Crippen LogP contribution in [0.25, 0.3) is 0 Å². The lowest BCUT2D eigenvalue weighted by molar-refractivity contribution is -0.684. The summed E-state index contributed by atoms with van der Waals surface area (Å²) in [6, 6.07) is 19.5. The molecule has 0 saturated carbocycles. The lowest BCUT2D eigenvalue weighted by Crippen LogP contribution is -3.00. The van der Waals surface area contributed by atoms with Crippen LogP contribution in [0.5, 0.6) is 0 Å². The average molecular weight is 402 g/mol. The second-order valence-corrected chi connectivity index (χ2v) is 6.08. The van der Waals surface area contributed by atoms with E-state index in [2.05, 4.69) is 10.6 Å². The highest BCUT2D eigenvalue weighted by molar-refractivity contribution is 6.30. The molecule has 2 amide bonds. The number of halogens is 2. The van der Waals surface area contributed by atoms with Gasteiger partial charge in [0.15, 0.2) is 12.4 Å². The third-order valence-electron chi connectivity index (χ3n) is 3.61. The first-order valence-electron chi connectivity index (χ1n) is 8.01. The van der Waals surface area contributed by atoms with Gasteiger partial charge in [0.1, 0.15) is 5.56 Å². The van der Waals surface area contributed by atoms with Crippen LogP contribution < -0.4 is 27.6 Å². The number of pyridine rings is 1. The second kappa shape index (κ2) is 9.71. The molecule has 3 rings (SSSR count). The summed E-state index contributed by atoms with van der Waals surface area (Å²) >= 11 is 5.83. The molecule has 0 aliphatic heterocycles. The fraction of sp³-hybridized carbons (Fsp3) is 0.0500. The van der Waals surface area contributed by atoms with Crippen LogP contribution in [-0.4, -0.2) is 11.8 Å². The van der Waals surface area contributed by atoms with Crippen LogP contribution in [0.2, 0.25) is 5.02 Å². The van der Waals surface area contributed by atoms with Gasteiger partial charge in [0, 0.05) is 22.5 Å². The molecule has 138 valence electrons. The zero-order valence-corrected chi connectivity index (χ0v) is 15.7. The first-order valence-corrected chi connectivity index (χ1v) is 8.39. The molecule has 0 atom stereocenters. The van der Waals surface area contributed by atoms with Crippen molar-refractivity contribution in [3.8, 4) is 0 Å². The Morgan fingerprint density at radius 3 is 2.22 bits per heavy atom. The Hall–Kier alpha value is -2.89. The summed E-state index contributed by atoms with van der Waals surface area (Å²) in [5.41, 5.74) is 1.85. The molecule has 0 unspecified atom stereocenters. The third kappa shape index (κ3) is 6.09. The number of amides is 2. The van der Waals surface area contributed by atoms with Gasteiger partial charge in [-0.15, -0.1) is 0 Å². The molecule has 2 aromatic carbocycles. The normalized spacial score (nSPS) is 9.81. The maximum Gasteiger partial charge on any atom is 0.290 e. The van der Waals surface area contributed by atoms with E-state index in [4.69, 9.17) is 11.6 Å². The predicted octanol–water partition coefficient (Wildman–Crippen LogP) is 0.522. The van der Waals surface area contributed by atoms with Crippen LogP contribution in [0.1, 0.15) is 10.4 Å². The van der Waals surface area contributed by atoms with Gasteiger partial charge in [0.25, 0.3) is 11.8 Å². The van der Waals surface area contributed by atoms with E-state index in [0.717, 1.165) is 0 Å². The average Bonchev–Trinajstić information content (AvgIpc) is 2.64. The minimum atomic E-state index is -0.233. The Bertz CT molecular complexity index is 916. The summed E-state index contributed by atoms with van der Waals surface area (Å²) in [7, 11) is 0. The number of carbonyl (C=O) groups excluding carboxylic acids is 2. The van der Waals surface area contributed by atoms with E-state index in [1.54, 1.807) is 53.4 Å². The summed E-state index contributed by atoms with van der Waals surface area (Å²) in [5.74, 6) is -0.429. The molecule has 7 heteroatoms. The van der Waals surface area contributed by atoms with Crippen molar-refractivity contribution in [1.29, 1.82) is 0 Å². The lowest BCUT2D eigenvalue weighted by atomic mass is 10.2. The van der Waals surface area contributed by atoms with Gasteiger partial charge in [0.2, 0.25) is 6.54 Å². The summed E-state index contributed by atoms with van der Waals surface area (Å²) in [4.78, 5) is 24.5. The summed E-state index contributed by atoms with van der Waals surface area (Å²) in [6.45, 7) is 0.0923. The van der Waals surface area contributed by atoms with Gasteiger partial charge < -0.3 is 23.0 Å². The quantitative estimate of drug-likeness (QED) is 0.612. The van der Waals surface area contributed by atoms with Crippen molar-refractivity contribution < 1.29 is 26.6 Å². The molecule has 3 aromatic rings. The molecule has 0 aliphatic carbocycles. The molecule has 5 nitrogen and oxygen atoms in total.